The van der Waals surface area contributed by atoms with Crippen LogP contribution in [0.1, 0.15) is 26.7 Å². The fraction of sp³-hybridized carbons (Fsp3) is 0.611. The molecule has 0 atom stereocenters. The molecule has 0 saturated carbocycles. The maximum atomic E-state index is 13.0. The molecule has 27 heavy (non-hydrogen) atoms. The van der Waals surface area contributed by atoms with Crippen LogP contribution < -0.4 is 15.8 Å². The zero-order chi connectivity index (χ0) is 20.1. The molecule has 1 heterocycles. The van der Waals surface area contributed by atoms with Gasteiger partial charge in [-0.15, -0.1) is 0 Å². The lowest BCUT2D eigenvalue weighted by molar-refractivity contribution is -0.125. The van der Waals surface area contributed by atoms with Crippen LogP contribution in [0, 0.1) is 5.41 Å². The summed E-state index contributed by atoms with van der Waals surface area (Å²) in [5.74, 6) is 0.0189. The molecule has 1 aliphatic rings. The highest BCUT2D eigenvalue weighted by atomic mass is 32.2. The molecule has 1 fully saturated rings. The van der Waals surface area contributed by atoms with Crippen molar-refractivity contribution in [3.8, 4) is 5.75 Å². The number of sulfonamides is 1. The van der Waals surface area contributed by atoms with Gasteiger partial charge in [0.05, 0.1) is 25.7 Å². The third-order valence-corrected chi connectivity index (χ3v) is 7.16. The maximum absolute atomic E-state index is 13.0. The third-order valence-electron chi connectivity index (χ3n) is 5.24. The molecule has 8 nitrogen and oxygen atoms in total. The first-order valence-electron chi connectivity index (χ1n) is 9.12. The summed E-state index contributed by atoms with van der Waals surface area (Å²) in [7, 11) is -2.35. The van der Waals surface area contributed by atoms with Gasteiger partial charge in [-0.2, -0.15) is 4.31 Å². The van der Waals surface area contributed by atoms with Crippen molar-refractivity contribution >= 4 is 21.6 Å². The minimum absolute atomic E-state index is 0.0241. The summed E-state index contributed by atoms with van der Waals surface area (Å²) >= 11 is 0. The summed E-state index contributed by atoms with van der Waals surface area (Å²) < 4.78 is 37.9. The number of ether oxygens (including phenoxy) is 2. The Morgan fingerprint density at radius 3 is 2.44 bits per heavy atom. The number of rotatable bonds is 8. The van der Waals surface area contributed by atoms with Crippen LogP contribution in [-0.2, 0) is 19.6 Å². The van der Waals surface area contributed by atoms with Gasteiger partial charge in [-0.25, -0.2) is 8.42 Å². The highest BCUT2D eigenvalue weighted by Crippen LogP contribution is 2.32. The molecule has 3 N–H and O–H groups in total. The smallest absolute Gasteiger partial charge is 0.246 e. The second-order valence-corrected chi connectivity index (χ2v) is 8.43. The first kappa shape index (κ1) is 21.6. The minimum Gasteiger partial charge on any atom is -0.495 e. The first-order chi connectivity index (χ1) is 12.8. The number of carbonyl (C=O) groups excluding carboxylic acids is 1. The van der Waals surface area contributed by atoms with Crippen LogP contribution in [0.3, 0.4) is 0 Å². The first-order valence-corrected chi connectivity index (χ1v) is 10.6. The Morgan fingerprint density at radius 2 is 1.93 bits per heavy atom. The Balaban J connectivity index is 2.36. The topological polar surface area (TPSA) is 111 Å². The van der Waals surface area contributed by atoms with Crippen LogP contribution in [-0.4, -0.2) is 58.6 Å². The monoisotopic (exact) mass is 399 g/mol. The molecule has 1 amide bonds. The Bertz CT molecular complexity index is 748. The summed E-state index contributed by atoms with van der Waals surface area (Å²) in [5, 5.41) is 2.82. The highest BCUT2D eigenvalue weighted by Gasteiger charge is 2.34. The van der Waals surface area contributed by atoms with Crippen molar-refractivity contribution in [3.05, 3.63) is 18.2 Å². The number of amides is 1. The lowest BCUT2D eigenvalue weighted by Gasteiger charge is -2.29. The largest absolute Gasteiger partial charge is 0.495 e. The third kappa shape index (κ3) is 4.43. The summed E-state index contributed by atoms with van der Waals surface area (Å²) in [4.78, 5) is 12.8. The van der Waals surface area contributed by atoms with Crippen molar-refractivity contribution in [1.29, 1.82) is 0 Å². The predicted molar refractivity (Wildman–Crippen MR) is 103 cm³/mol. The van der Waals surface area contributed by atoms with Gasteiger partial charge in [-0.05, 0) is 31.0 Å². The van der Waals surface area contributed by atoms with Gasteiger partial charge in [0, 0.05) is 25.3 Å². The molecule has 0 aromatic heterocycles. The second kappa shape index (κ2) is 9.01. The fourth-order valence-electron chi connectivity index (χ4n) is 3.10. The Kier molecular flexibility index (Phi) is 7.21. The Labute approximate surface area is 161 Å². The molecule has 1 aliphatic heterocycles. The van der Waals surface area contributed by atoms with Crippen LogP contribution in [0.15, 0.2) is 23.1 Å². The van der Waals surface area contributed by atoms with E-state index >= 15 is 0 Å². The zero-order valence-electron chi connectivity index (χ0n) is 16.2. The molecular weight excluding hydrogens is 370 g/mol. The molecule has 0 bridgehead atoms. The van der Waals surface area contributed by atoms with E-state index in [1.54, 1.807) is 12.1 Å². The van der Waals surface area contributed by atoms with Crippen molar-refractivity contribution in [2.75, 3.05) is 45.3 Å². The zero-order valence-corrected chi connectivity index (χ0v) is 17.0. The number of methoxy groups -OCH3 is 1. The predicted octanol–water partition coefficient (Wildman–Crippen LogP) is 1.42. The number of carbonyl (C=O) groups is 1. The molecule has 9 heteroatoms. The molecule has 1 aromatic rings. The Morgan fingerprint density at radius 1 is 1.30 bits per heavy atom. The van der Waals surface area contributed by atoms with Crippen molar-refractivity contribution in [2.45, 2.75) is 31.6 Å². The number of anilines is 1. The summed E-state index contributed by atoms with van der Waals surface area (Å²) in [6, 6.07) is 4.61. The lowest BCUT2D eigenvalue weighted by atomic mass is 9.81. The standard InChI is InChI=1S/C18H29N3O5S/c1-4-18(5-2,13-19)17(22)20-14-6-7-15(25-3)16(12-14)27(23,24)21-8-10-26-11-9-21/h6-7,12H,4-5,8-11,13,19H2,1-3H3,(H,20,22). The van der Waals surface area contributed by atoms with Gasteiger partial charge in [-0.3, -0.25) is 4.79 Å². The quantitative estimate of drug-likeness (QED) is 0.684. The molecule has 0 aliphatic carbocycles. The van der Waals surface area contributed by atoms with E-state index in [0.29, 0.717) is 31.7 Å². The molecule has 1 saturated heterocycles. The van der Waals surface area contributed by atoms with Crippen LogP contribution in [0.2, 0.25) is 0 Å². The van der Waals surface area contributed by atoms with Crippen molar-refractivity contribution in [2.24, 2.45) is 11.1 Å². The summed E-state index contributed by atoms with van der Waals surface area (Å²) in [6.07, 6.45) is 1.20. The minimum atomic E-state index is -3.76. The van der Waals surface area contributed by atoms with Gasteiger partial charge in [0.25, 0.3) is 0 Å². The molecule has 152 valence electrons. The van der Waals surface area contributed by atoms with Crippen molar-refractivity contribution < 1.29 is 22.7 Å². The number of nitrogens with one attached hydrogen (secondary N) is 1. The van der Waals surface area contributed by atoms with Gasteiger partial charge in [0.15, 0.2) is 0 Å². The molecular formula is C18H29N3O5S. The van der Waals surface area contributed by atoms with Crippen LogP contribution >= 0.6 is 0 Å². The normalized spacial score (nSPS) is 16.1. The van der Waals surface area contributed by atoms with Crippen LogP contribution in [0.5, 0.6) is 5.75 Å². The average Bonchev–Trinajstić information content (AvgIpc) is 2.70. The summed E-state index contributed by atoms with van der Waals surface area (Å²) in [5.41, 5.74) is 5.55. The lowest BCUT2D eigenvalue weighted by Crippen LogP contribution is -2.42. The van der Waals surface area contributed by atoms with Crippen molar-refractivity contribution in [1.82, 2.24) is 4.31 Å². The van der Waals surface area contributed by atoms with E-state index in [9.17, 15) is 13.2 Å². The van der Waals surface area contributed by atoms with Gasteiger partial charge < -0.3 is 20.5 Å². The SMILES string of the molecule is CCC(CC)(CN)C(=O)Nc1ccc(OC)c(S(=O)(=O)N2CCOCC2)c1. The second-order valence-electron chi connectivity index (χ2n) is 6.53. The summed E-state index contributed by atoms with van der Waals surface area (Å²) in [6.45, 7) is 5.32. The van der Waals surface area contributed by atoms with E-state index in [4.69, 9.17) is 15.2 Å². The molecule has 0 spiro atoms. The van der Waals surface area contributed by atoms with Gasteiger partial charge in [-0.1, -0.05) is 13.8 Å². The van der Waals surface area contributed by atoms with Crippen molar-refractivity contribution in [3.63, 3.8) is 0 Å². The molecule has 2 rings (SSSR count). The van der Waals surface area contributed by atoms with E-state index in [1.807, 2.05) is 13.8 Å². The van der Waals surface area contributed by atoms with Crippen LogP contribution in [0.4, 0.5) is 5.69 Å². The molecule has 1 aromatic carbocycles. The Hall–Kier alpha value is -1.68. The van der Waals surface area contributed by atoms with E-state index in [-0.39, 0.29) is 36.2 Å². The number of hydrogen-bond donors (Lipinski definition) is 2. The maximum Gasteiger partial charge on any atom is 0.246 e. The van der Waals surface area contributed by atoms with Gasteiger partial charge in [0.2, 0.25) is 15.9 Å². The number of morpholine rings is 1. The van der Waals surface area contributed by atoms with E-state index in [2.05, 4.69) is 5.32 Å². The van der Waals surface area contributed by atoms with E-state index in [1.165, 1.54) is 17.5 Å². The van der Waals surface area contributed by atoms with Gasteiger partial charge in [0.1, 0.15) is 10.6 Å². The average molecular weight is 400 g/mol. The van der Waals surface area contributed by atoms with E-state index in [0.717, 1.165) is 0 Å². The molecule has 0 radical (unpaired) electrons. The van der Waals surface area contributed by atoms with Gasteiger partial charge >= 0.3 is 0 Å². The fourth-order valence-corrected chi connectivity index (χ4v) is 4.69. The number of hydrogen-bond acceptors (Lipinski definition) is 6. The number of nitrogens with two attached hydrogens (primary N) is 1. The van der Waals surface area contributed by atoms with E-state index < -0.39 is 15.4 Å². The molecule has 0 unspecified atom stereocenters. The highest BCUT2D eigenvalue weighted by molar-refractivity contribution is 7.89. The van der Waals surface area contributed by atoms with Crippen LogP contribution in [0.25, 0.3) is 0 Å². The number of benzene rings is 1. The number of nitrogens with zero attached hydrogens (tertiary/aromatic N) is 1.